The molecule has 29 heavy (non-hydrogen) atoms. The number of benzene rings is 1. The van der Waals surface area contributed by atoms with Crippen molar-refractivity contribution in [2.75, 3.05) is 6.54 Å². The second kappa shape index (κ2) is 7.22. The Labute approximate surface area is 168 Å². The van der Waals surface area contributed by atoms with Gasteiger partial charge >= 0.3 is 0 Å². The lowest BCUT2D eigenvalue weighted by molar-refractivity contribution is 0.242. The van der Waals surface area contributed by atoms with E-state index in [-0.39, 0.29) is 5.56 Å². The number of rotatable bonds is 5. The number of aromatic nitrogens is 3. The number of hydrogen-bond acceptors (Lipinski definition) is 4. The predicted octanol–water partition coefficient (Wildman–Crippen LogP) is 3.73. The molecule has 0 saturated carbocycles. The van der Waals surface area contributed by atoms with E-state index in [1.165, 1.54) is 16.5 Å². The van der Waals surface area contributed by atoms with Crippen LogP contribution >= 0.6 is 0 Å². The maximum Gasteiger partial charge on any atom is 0.256 e. The molecule has 146 valence electrons. The Bertz CT molecular complexity index is 1230. The molecule has 0 aliphatic carbocycles. The average Bonchev–Trinajstić information content (AvgIpc) is 3.38. The lowest BCUT2D eigenvalue weighted by atomic mass is 10.1. The Hall–Kier alpha value is -3.38. The summed E-state index contributed by atoms with van der Waals surface area (Å²) in [6.07, 6.45) is 6.44. The van der Waals surface area contributed by atoms with Crippen LogP contribution in [-0.4, -0.2) is 26.0 Å². The highest BCUT2D eigenvalue weighted by molar-refractivity contribution is 5.84. The Morgan fingerprint density at radius 1 is 1.24 bits per heavy atom. The minimum Gasteiger partial charge on any atom is -0.461 e. The quantitative estimate of drug-likeness (QED) is 0.531. The van der Waals surface area contributed by atoms with Gasteiger partial charge in [-0.1, -0.05) is 24.3 Å². The second-order valence-electron chi connectivity index (χ2n) is 7.39. The Morgan fingerprint density at radius 3 is 2.97 bits per heavy atom. The molecule has 4 heterocycles. The maximum absolute atomic E-state index is 12.7. The smallest absolute Gasteiger partial charge is 0.256 e. The monoisotopic (exact) mass is 386 g/mol. The summed E-state index contributed by atoms with van der Waals surface area (Å²) in [5.74, 6) is 1.09. The number of allylic oxidation sites excluding steroid dienone is 1. The molecule has 0 amide bonds. The first-order chi connectivity index (χ1) is 14.2. The van der Waals surface area contributed by atoms with E-state index in [0.717, 1.165) is 37.3 Å². The van der Waals surface area contributed by atoms with Crippen molar-refractivity contribution in [2.45, 2.75) is 26.1 Å². The fourth-order valence-electron chi connectivity index (χ4n) is 4.13. The molecule has 1 aliphatic heterocycles. The van der Waals surface area contributed by atoms with E-state index >= 15 is 0 Å². The largest absolute Gasteiger partial charge is 0.461 e. The van der Waals surface area contributed by atoms with Crippen LogP contribution in [0.25, 0.3) is 22.5 Å². The molecule has 0 radical (unpaired) electrons. The summed E-state index contributed by atoms with van der Waals surface area (Å²) >= 11 is 0. The molecule has 6 heteroatoms. The Kier molecular flexibility index (Phi) is 4.41. The van der Waals surface area contributed by atoms with Gasteiger partial charge < -0.3 is 14.0 Å². The third-order valence-electron chi connectivity index (χ3n) is 5.49. The van der Waals surface area contributed by atoms with Crippen molar-refractivity contribution >= 4 is 10.9 Å². The van der Waals surface area contributed by atoms with Crippen molar-refractivity contribution in [2.24, 2.45) is 0 Å². The predicted molar refractivity (Wildman–Crippen MR) is 113 cm³/mol. The number of fused-ring (bicyclic) bond motifs is 2. The number of furan rings is 1. The summed E-state index contributed by atoms with van der Waals surface area (Å²) in [5, 5.41) is 1.25. The van der Waals surface area contributed by atoms with Crippen molar-refractivity contribution in [1.29, 1.82) is 0 Å². The van der Waals surface area contributed by atoms with Crippen LogP contribution in [0.3, 0.4) is 0 Å². The van der Waals surface area contributed by atoms with Gasteiger partial charge in [0.15, 0.2) is 11.6 Å². The lowest BCUT2D eigenvalue weighted by Crippen LogP contribution is -2.35. The molecule has 5 rings (SSSR count). The number of nitrogens with zero attached hydrogens (tertiary/aromatic N) is 3. The SMILES string of the molecule is C=CCn1cc(CN2CCc3nc(-c4ccco4)[nH]c(=O)c3C2)c2ccccc21. The van der Waals surface area contributed by atoms with E-state index in [9.17, 15) is 4.79 Å². The summed E-state index contributed by atoms with van der Waals surface area (Å²) in [6, 6.07) is 12.0. The van der Waals surface area contributed by atoms with Gasteiger partial charge in [0.05, 0.1) is 17.5 Å². The molecule has 6 nitrogen and oxygen atoms in total. The van der Waals surface area contributed by atoms with E-state index in [1.54, 1.807) is 18.4 Å². The zero-order chi connectivity index (χ0) is 19.8. The molecule has 4 aromatic rings. The fourth-order valence-corrected chi connectivity index (χ4v) is 4.13. The van der Waals surface area contributed by atoms with Crippen molar-refractivity contribution in [3.05, 3.63) is 88.7 Å². The highest BCUT2D eigenvalue weighted by Crippen LogP contribution is 2.25. The van der Waals surface area contributed by atoms with Crippen LogP contribution in [-0.2, 0) is 26.1 Å². The zero-order valence-corrected chi connectivity index (χ0v) is 16.1. The Balaban J connectivity index is 1.43. The summed E-state index contributed by atoms with van der Waals surface area (Å²) in [7, 11) is 0. The van der Waals surface area contributed by atoms with Crippen LogP contribution < -0.4 is 5.56 Å². The summed E-state index contributed by atoms with van der Waals surface area (Å²) in [4.78, 5) is 22.5. The van der Waals surface area contributed by atoms with Crippen LogP contribution in [0.5, 0.6) is 0 Å². The lowest BCUT2D eigenvalue weighted by Gasteiger charge is -2.27. The standard InChI is InChI=1S/C23H22N4O2/c1-2-10-27-14-16(17-6-3-4-7-20(17)27)13-26-11-9-19-18(15-26)23(28)25-22(24-19)21-8-5-12-29-21/h2-8,12,14H,1,9-11,13,15H2,(H,24,25,28). The van der Waals surface area contributed by atoms with E-state index in [0.29, 0.717) is 18.1 Å². The minimum atomic E-state index is -0.0832. The van der Waals surface area contributed by atoms with E-state index in [1.807, 2.05) is 6.08 Å². The normalized spacial score (nSPS) is 14.2. The van der Waals surface area contributed by atoms with Gasteiger partial charge in [0.25, 0.3) is 5.56 Å². The number of aromatic amines is 1. The third kappa shape index (κ3) is 3.21. The first-order valence-corrected chi connectivity index (χ1v) is 9.79. The molecule has 1 aromatic carbocycles. The van der Waals surface area contributed by atoms with Crippen LogP contribution in [0.4, 0.5) is 0 Å². The first kappa shape index (κ1) is 17.7. The number of H-pyrrole nitrogens is 1. The molecule has 3 aromatic heterocycles. The number of para-hydroxylation sites is 1. The highest BCUT2D eigenvalue weighted by Gasteiger charge is 2.23. The van der Waals surface area contributed by atoms with Crippen molar-refractivity contribution in [3.63, 3.8) is 0 Å². The molecule has 0 atom stereocenters. The van der Waals surface area contributed by atoms with Crippen LogP contribution in [0.2, 0.25) is 0 Å². The minimum absolute atomic E-state index is 0.0832. The number of hydrogen-bond donors (Lipinski definition) is 1. The van der Waals surface area contributed by atoms with Crippen LogP contribution in [0, 0.1) is 0 Å². The van der Waals surface area contributed by atoms with Gasteiger partial charge in [-0.3, -0.25) is 9.69 Å². The topological polar surface area (TPSA) is 67.1 Å². The van der Waals surface area contributed by atoms with Crippen molar-refractivity contribution in [1.82, 2.24) is 19.4 Å². The Morgan fingerprint density at radius 2 is 2.14 bits per heavy atom. The summed E-state index contributed by atoms with van der Waals surface area (Å²) in [6.45, 7) is 6.90. The van der Waals surface area contributed by atoms with Crippen molar-refractivity contribution < 1.29 is 4.42 Å². The summed E-state index contributed by atoms with van der Waals surface area (Å²) < 4.78 is 7.60. The van der Waals surface area contributed by atoms with Crippen molar-refractivity contribution in [3.8, 4) is 11.6 Å². The van der Waals surface area contributed by atoms with Crippen LogP contribution in [0.1, 0.15) is 16.8 Å². The van der Waals surface area contributed by atoms with Gasteiger partial charge in [-0.15, -0.1) is 6.58 Å². The number of nitrogens with one attached hydrogen (secondary N) is 1. The molecule has 0 saturated heterocycles. The first-order valence-electron chi connectivity index (χ1n) is 9.79. The zero-order valence-electron chi connectivity index (χ0n) is 16.1. The van der Waals surface area contributed by atoms with Gasteiger partial charge in [0.1, 0.15) is 0 Å². The van der Waals surface area contributed by atoms with E-state index < -0.39 is 0 Å². The third-order valence-corrected chi connectivity index (χ3v) is 5.49. The van der Waals surface area contributed by atoms with Crippen LogP contribution in [0.15, 0.2) is 70.7 Å². The molecule has 0 spiro atoms. The highest BCUT2D eigenvalue weighted by atomic mass is 16.3. The molecular weight excluding hydrogens is 364 g/mol. The van der Waals surface area contributed by atoms with Gasteiger partial charge in [0.2, 0.25) is 0 Å². The van der Waals surface area contributed by atoms with Gasteiger partial charge in [-0.25, -0.2) is 4.98 Å². The molecule has 1 aliphatic rings. The molecule has 0 fully saturated rings. The molecule has 0 bridgehead atoms. The van der Waals surface area contributed by atoms with E-state index in [4.69, 9.17) is 4.42 Å². The van der Waals surface area contributed by atoms with Gasteiger partial charge in [-0.05, 0) is 23.8 Å². The fraction of sp³-hybridized carbons (Fsp3) is 0.217. The summed E-state index contributed by atoms with van der Waals surface area (Å²) in [5.41, 5.74) is 4.01. The molecule has 0 unspecified atom stereocenters. The maximum atomic E-state index is 12.7. The average molecular weight is 386 g/mol. The second-order valence-corrected chi connectivity index (χ2v) is 7.39. The van der Waals surface area contributed by atoms with Gasteiger partial charge in [0, 0.05) is 49.7 Å². The molecular formula is C23H22N4O2. The van der Waals surface area contributed by atoms with E-state index in [2.05, 4.69) is 56.5 Å². The molecule has 1 N–H and O–H groups in total. The van der Waals surface area contributed by atoms with Gasteiger partial charge in [-0.2, -0.15) is 0 Å².